The molecule has 2 unspecified atom stereocenters. The average Bonchev–Trinajstić information content (AvgIpc) is 3.23. The molecule has 0 aliphatic heterocycles. The van der Waals surface area contributed by atoms with Gasteiger partial charge in [0.15, 0.2) is 0 Å². The van der Waals surface area contributed by atoms with Gasteiger partial charge in [-0.25, -0.2) is 9.37 Å². The van der Waals surface area contributed by atoms with Crippen LogP contribution in [0.5, 0.6) is 11.6 Å². The van der Waals surface area contributed by atoms with Gasteiger partial charge in [0.2, 0.25) is 11.8 Å². The molecule has 0 spiro atoms. The molecule has 1 aromatic carbocycles. The van der Waals surface area contributed by atoms with E-state index < -0.39 is 0 Å². The molecule has 1 heterocycles. The maximum Gasteiger partial charge on any atom is 0.224 e. The molecule has 5 heteroatoms. The molecule has 1 N–H and O–H groups in total. The van der Waals surface area contributed by atoms with Crippen molar-refractivity contribution in [1.29, 1.82) is 0 Å². The Balaban J connectivity index is 1.68. The van der Waals surface area contributed by atoms with Gasteiger partial charge < -0.3 is 10.1 Å². The van der Waals surface area contributed by atoms with E-state index in [1.807, 2.05) is 6.07 Å². The van der Waals surface area contributed by atoms with Crippen molar-refractivity contribution < 1.29 is 13.9 Å². The Bertz CT molecular complexity index is 690. The fourth-order valence-corrected chi connectivity index (χ4v) is 2.29. The summed E-state index contributed by atoms with van der Waals surface area (Å²) in [5, 5.41) is 2.90. The topological polar surface area (TPSA) is 51.2 Å². The molecule has 22 heavy (non-hydrogen) atoms. The van der Waals surface area contributed by atoms with E-state index in [2.05, 4.69) is 17.2 Å². The highest BCUT2D eigenvalue weighted by Gasteiger charge is 2.38. The third-order valence-electron chi connectivity index (χ3n) is 3.76. The van der Waals surface area contributed by atoms with Crippen LogP contribution < -0.4 is 10.1 Å². The highest BCUT2D eigenvalue weighted by Crippen LogP contribution is 2.37. The van der Waals surface area contributed by atoms with Crippen molar-refractivity contribution in [2.24, 2.45) is 11.8 Å². The van der Waals surface area contributed by atoms with Crippen LogP contribution in [0.3, 0.4) is 0 Å². The molecule has 3 rings (SSSR count). The van der Waals surface area contributed by atoms with E-state index in [9.17, 15) is 9.18 Å². The Hall–Kier alpha value is -2.43. The zero-order valence-electron chi connectivity index (χ0n) is 12.3. The molecule has 1 aromatic heterocycles. The summed E-state index contributed by atoms with van der Waals surface area (Å²) in [7, 11) is 0. The van der Waals surface area contributed by atoms with Gasteiger partial charge in [0.05, 0.1) is 0 Å². The van der Waals surface area contributed by atoms with Crippen molar-refractivity contribution in [3.8, 4) is 11.6 Å². The van der Waals surface area contributed by atoms with E-state index in [4.69, 9.17) is 4.74 Å². The van der Waals surface area contributed by atoms with Crippen molar-refractivity contribution in [3.63, 3.8) is 0 Å². The minimum atomic E-state index is -0.369. The van der Waals surface area contributed by atoms with Gasteiger partial charge in [0.25, 0.3) is 0 Å². The number of hydrogen-bond donors (Lipinski definition) is 1. The highest BCUT2D eigenvalue weighted by atomic mass is 19.1. The summed E-state index contributed by atoms with van der Waals surface area (Å²) in [6.07, 6.45) is 2.55. The van der Waals surface area contributed by atoms with Crippen LogP contribution in [0.4, 0.5) is 4.39 Å². The molecule has 0 radical (unpaired) electrons. The van der Waals surface area contributed by atoms with E-state index in [0.717, 1.165) is 12.0 Å². The number of hydrogen-bond acceptors (Lipinski definition) is 3. The number of benzene rings is 1. The first kappa shape index (κ1) is 14.5. The van der Waals surface area contributed by atoms with Crippen LogP contribution in [0.1, 0.15) is 18.9 Å². The maximum absolute atomic E-state index is 13.2. The SMILES string of the molecule is CC1CC1C(=O)NCc1cccnc1Oc1cccc(F)c1. The number of nitrogens with one attached hydrogen (secondary N) is 1. The first-order valence-corrected chi connectivity index (χ1v) is 7.28. The lowest BCUT2D eigenvalue weighted by Gasteiger charge is -2.10. The van der Waals surface area contributed by atoms with E-state index in [1.54, 1.807) is 24.4 Å². The van der Waals surface area contributed by atoms with Crippen LogP contribution >= 0.6 is 0 Å². The summed E-state index contributed by atoms with van der Waals surface area (Å²) < 4.78 is 18.8. The zero-order valence-corrected chi connectivity index (χ0v) is 12.3. The Morgan fingerprint density at radius 1 is 1.41 bits per heavy atom. The first-order chi connectivity index (χ1) is 10.6. The number of amides is 1. The zero-order chi connectivity index (χ0) is 15.5. The predicted molar refractivity (Wildman–Crippen MR) is 79.8 cm³/mol. The van der Waals surface area contributed by atoms with E-state index in [0.29, 0.717) is 24.1 Å². The van der Waals surface area contributed by atoms with E-state index in [1.165, 1.54) is 12.1 Å². The molecule has 1 aliphatic carbocycles. The fourth-order valence-electron chi connectivity index (χ4n) is 2.29. The van der Waals surface area contributed by atoms with Gasteiger partial charge in [-0.05, 0) is 30.5 Å². The summed E-state index contributed by atoms with van der Waals surface area (Å²) in [6, 6.07) is 9.49. The molecule has 2 aromatic rings. The lowest BCUT2D eigenvalue weighted by molar-refractivity contribution is -0.122. The van der Waals surface area contributed by atoms with Crippen molar-refractivity contribution in [3.05, 3.63) is 54.0 Å². The summed E-state index contributed by atoms with van der Waals surface area (Å²) in [5.74, 6) is 1.04. The van der Waals surface area contributed by atoms with Crippen molar-refractivity contribution in [2.45, 2.75) is 19.9 Å². The predicted octanol–water partition coefficient (Wildman–Crippen LogP) is 3.29. The number of carbonyl (C=O) groups is 1. The van der Waals surface area contributed by atoms with Crippen molar-refractivity contribution >= 4 is 5.91 Å². The molecule has 2 atom stereocenters. The number of carbonyl (C=O) groups excluding carboxylic acids is 1. The average molecular weight is 300 g/mol. The number of ether oxygens (including phenoxy) is 1. The van der Waals surface area contributed by atoms with Crippen LogP contribution in [0.25, 0.3) is 0 Å². The largest absolute Gasteiger partial charge is 0.439 e. The lowest BCUT2D eigenvalue weighted by atomic mass is 10.2. The fraction of sp³-hybridized carbons (Fsp3) is 0.294. The second kappa shape index (κ2) is 6.13. The summed E-state index contributed by atoms with van der Waals surface area (Å²) in [6.45, 7) is 2.41. The van der Waals surface area contributed by atoms with E-state index in [-0.39, 0.29) is 17.6 Å². The van der Waals surface area contributed by atoms with Crippen LogP contribution in [0, 0.1) is 17.7 Å². The second-order valence-corrected chi connectivity index (χ2v) is 5.56. The number of pyridine rings is 1. The van der Waals surface area contributed by atoms with Crippen molar-refractivity contribution in [1.82, 2.24) is 10.3 Å². The Morgan fingerprint density at radius 2 is 2.23 bits per heavy atom. The summed E-state index contributed by atoms with van der Waals surface area (Å²) in [5.41, 5.74) is 0.758. The van der Waals surface area contributed by atoms with Crippen molar-refractivity contribution in [2.75, 3.05) is 0 Å². The molecule has 1 aliphatic rings. The molecular formula is C17H17FN2O2. The highest BCUT2D eigenvalue weighted by molar-refractivity contribution is 5.81. The normalized spacial score (nSPS) is 19.5. The smallest absolute Gasteiger partial charge is 0.224 e. The van der Waals surface area contributed by atoms with Gasteiger partial charge in [-0.2, -0.15) is 0 Å². The number of nitrogens with zero attached hydrogens (tertiary/aromatic N) is 1. The molecule has 0 bridgehead atoms. The quantitative estimate of drug-likeness (QED) is 0.922. The molecule has 1 fully saturated rings. The second-order valence-electron chi connectivity index (χ2n) is 5.56. The molecule has 0 saturated heterocycles. The Labute approximate surface area is 128 Å². The van der Waals surface area contributed by atoms with Crippen LogP contribution in [0.2, 0.25) is 0 Å². The van der Waals surface area contributed by atoms with Gasteiger partial charge >= 0.3 is 0 Å². The van der Waals surface area contributed by atoms with Crippen LogP contribution in [0.15, 0.2) is 42.6 Å². The minimum Gasteiger partial charge on any atom is -0.439 e. The number of halogens is 1. The van der Waals surface area contributed by atoms with Crippen LogP contribution in [-0.2, 0) is 11.3 Å². The standard InChI is InChI=1S/C17H17FN2O2/c1-11-8-15(11)16(21)20-10-12-4-3-7-19-17(12)22-14-6-2-5-13(18)9-14/h2-7,9,11,15H,8,10H2,1H3,(H,20,21). The Morgan fingerprint density at radius 3 is 2.95 bits per heavy atom. The van der Waals surface area contributed by atoms with Crippen LogP contribution in [-0.4, -0.2) is 10.9 Å². The number of rotatable bonds is 5. The molecule has 1 saturated carbocycles. The first-order valence-electron chi connectivity index (χ1n) is 7.28. The molecule has 114 valence electrons. The number of aromatic nitrogens is 1. The molecular weight excluding hydrogens is 283 g/mol. The maximum atomic E-state index is 13.2. The Kier molecular flexibility index (Phi) is 4.04. The molecule has 1 amide bonds. The monoisotopic (exact) mass is 300 g/mol. The van der Waals surface area contributed by atoms with E-state index >= 15 is 0 Å². The van der Waals surface area contributed by atoms with Gasteiger partial charge in [-0.15, -0.1) is 0 Å². The summed E-state index contributed by atoms with van der Waals surface area (Å²) in [4.78, 5) is 16.0. The van der Waals surface area contributed by atoms with Gasteiger partial charge in [0, 0.05) is 30.3 Å². The van der Waals surface area contributed by atoms with Gasteiger partial charge in [0.1, 0.15) is 11.6 Å². The third-order valence-corrected chi connectivity index (χ3v) is 3.76. The third kappa shape index (κ3) is 3.42. The summed E-state index contributed by atoms with van der Waals surface area (Å²) >= 11 is 0. The molecule has 4 nitrogen and oxygen atoms in total. The van der Waals surface area contributed by atoms with Gasteiger partial charge in [-0.1, -0.05) is 19.1 Å². The van der Waals surface area contributed by atoms with Gasteiger partial charge in [-0.3, -0.25) is 4.79 Å². The lowest BCUT2D eigenvalue weighted by Crippen LogP contribution is -2.25. The minimum absolute atomic E-state index is 0.0630.